The van der Waals surface area contributed by atoms with Crippen molar-refractivity contribution in [1.82, 2.24) is 15.3 Å². The number of aromatic nitrogens is 2. The molecule has 1 aliphatic heterocycles. The van der Waals surface area contributed by atoms with E-state index in [0.717, 1.165) is 25.2 Å². The molecule has 0 radical (unpaired) electrons. The molecule has 4 nitrogen and oxygen atoms in total. The number of anilines is 1. The second-order valence-corrected chi connectivity index (χ2v) is 4.60. The smallest absolute Gasteiger partial charge is 0.224 e. The summed E-state index contributed by atoms with van der Waals surface area (Å²) in [6.07, 6.45) is 4.18. The third-order valence-electron chi connectivity index (χ3n) is 2.92. The molecule has 2 N–H and O–H groups in total. The Balaban J connectivity index is 0.00000144. The Morgan fingerprint density at radius 3 is 2.82 bits per heavy atom. The minimum atomic E-state index is 0. The number of aryl methyl sites for hydroxylation is 1. The van der Waals surface area contributed by atoms with Crippen LogP contribution >= 0.6 is 24.0 Å². The number of halogens is 2. The van der Waals surface area contributed by atoms with E-state index in [9.17, 15) is 0 Å². The molecule has 1 aromatic rings. The average molecular weight is 277 g/mol. The van der Waals surface area contributed by atoms with Gasteiger partial charge in [-0.1, -0.05) is 11.6 Å². The van der Waals surface area contributed by atoms with Gasteiger partial charge in [-0.15, -0.1) is 12.4 Å². The summed E-state index contributed by atoms with van der Waals surface area (Å²) in [6, 6.07) is 0. The van der Waals surface area contributed by atoms with E-state index in [1.807, 2.05) is 6.92 Å². The molecule has 0 atom stereocenters. The first kappa shape index (κ1) is 14.5. The van der Waals surface area contributed by atoms with Gasteiger partial charge in [0.1, 0.15) is 5.15 Å². The van der Waals surface area contributed by atoms with Crippen LogP contribution in [-0.2, 0) is 0 Å². The van der Waals surface area contributed by atoms with Crippen molar-refractivity contribution in [2.24, 2.45) is 5.92 Å². The fraction of sp³-hybridized carbons (Fsp3) is 0.636. The summed E-state index contributed by atoms with van der Waals surface area (Å²) in [7, 11) is 0. The molecular formula is C11H18Cl2N4. The van der Waals surface area contributed by atoms with Gasteiger partial charge in [-0.25, -0.2) is 9.97 Å². The monoisotopic (exact) mass is 276 g/mol. The van der Waals surface area contributed by atoms with Gasteiger partial charge in [0.2, 0.25) is 5.95 Å². The van der Waals surface area contributed by atoms with Crippen molar-refractivity contribution >= 4 is 30.0 Å². The molecule has 17 heavy (non-hydrogen) atoms. The van der Waals surface area contributed by atoms with Crippen LogP contribution in [0.5, 0.6) is 0 Å². The minimum Gasteiger partial charge on any atom is -0.354 e. The SMILES string of the molecule is Cc1cnc(NCC2CCNCC2)nc1Cl.Cl. The van der Waals surface area contributed by atoms with Gasteiger partial charge >= 0.3 is 0 Å². The number of hydrogen-bond acceptors (Lipinski definition) is 4. The predicted molar refractivity (Wildman–Crippen MR) is 73.1 cm³/mol. The molecule has 1 fully saturated rings. The summed E-state index contributed by atoms with van der Waals surface area (Å²) in [6.45, 7) is 5.06. The van der Waals surface area contributed by atoms with Crippen LogP contribution in [0.3, 0.4) is 0 Å². The lowest BCUT2D eigenvalue weighted by Crippen LogP contribution is -2.31. The van der Waals surface area contributed by atoms with Crippen molar-refractivity contribution in [2.45, 2.75) is 19.8 Å². The molecule has 2 rings (SSSR count). The number of piperidine rings is 1. The van der Waals surface area contributed by atoms with E-state index in [2.05, 4.69) is 20.6 Å². The van der Waals surface area contributed by atoms with Crippen LogP contribution in [-0.4, -0.2) is 29.6 Å². The fourth-order valence-corrected chi connectivity index (χ4v) is 1.96. The molecule has 0 spiro atoms. The maximum Gasteiger partial charge on any atom is 0.224 e. The third-order valence-corrected chi connectivity index (χ3v) is 3.30. The Bertz CT molecular complexity index is 353. The Morgan fingerprint density at radius 2 is 2.18 bits per heavy atom. The fourth-order valence-electron chi connectivity index (χ4n) is 1.83. The van der Waals surface area contributed by atoms with Crippen LogP contribution in [0.25, 0.3) is 0 Å². The predicted octanol–water partition coefficient (Wildman–Crippen LogP) is 2.27. The number of nitrogens with zero attached hydrogens (tertiary/aromatic N) is 2. The Hall–Kier alpha value is -0.580. The zero-order valence-electron chi connectivity index (χ0n) is 9.87. The largest absolute Gasteiger partial charge is 0.354 e. The van der Waals surface area contributed by atoms with Gasteiger partial charge in [0.05, 0.1) is 0 Å². The molecule has 1 aromatic heterocycles. The molecule has 0 aromatic carbocycles. The molecule has 1 aliphatic rings. The maximum atomic E-state index is 5.93. The zero-order valence-corrected chi connectivity index (χ0v) is 11.4. The molecule has 6 heteroatoms. The highest BCUT2D eigenvalue weighted by atomic mass is 35.5. The van der Waals surface area contributed by atoms with E-state index in [0.29, 0.717) is 17.0 Å². The van der Waals surface area contributed by atoms with E-state index >= 15 is 0 Å². The topological polar surface area (TPSA) is 49.8 Å². The van der Waals surface area contributed by atoms with Gasteiger partial charge in [0.25, 0.3) is 0 Å². The Morgan fingerprint density at radius 1 is 1.47 bits per heavy atom. The van der Waals surface area contributed by atoms with Gasteiger partial charge < -0.3 is 10.6 Å². The molecule has 0 saturated carbocycles. The maximum absolute atomic E-state index is 5.93. The van der Waals surface area contributed by atoms with E-state index in [4.69, 9.17) is 11.6 Å². The van der Waals surface area contributed by atoms with Gasteiger partial charge in [-0.05, 0) is 38.8 Å². The first-order chi connectivity index (χ1) is 7.75. The average Bonchev–Trinajstić information content (AvgIpc) is 2.32. The Labute approximate surface area is 113 Å². The lowest BCUT2D eigenvalue weighted by Gasteiger charge is -2.22. The summed E-state index contributed by atoms with van der Waals surface area (Å²) < 4.78 is 0. The first-order valence-corrected chi connectivity index (χ1v) is 6.07. The highest BCUT2D eigenvalue weighted by Crippen LogP contribution is 2.15. The van der Waals surface area contributed by atoms with Crippen molar-refractivity contribution in [1.29, 1.82) is 0 Å². The number of rotatable bonds is 3. The van der Waals surface area contributed by atoms with Crippen molar-refractivity contribution in [3.05, 3.63) is 16.9 Å². The number of hydrogen-bond donors (Lipinski definition) is 2. The van der Waals surface area contributed by atoms with Crippen LogP contribution in [0.2, 0.25) is 5.15 Å². The van der Waals surface area contributed by atoms with Crippen LogP contribution in [0.15, 0.2) is 6.20 Å². The second kappa shape index (κ2) is 6.99. The van der Waals surface area contributed by atoms with Crippen molar-refractivity contribution in [2.75, 3.05) is 25.0 Å². The molecule has 1 saturated heterocycles. The summed E-state index contributed by atoms with van der Waals surface area (Å²) in [5.41, 5.74) is 0.911. The summed E-state index contributed by atoms with van der Waals surface area (Å²) in [5, 5.41) is 7.13. The second-order valence-electron chi connectivity index (χ2n) is 4.24. The molecule has 0 unspecified atom stereocenters. The quantitative estimate of drug-likeness (QED) is 0.832. The Kier molecular flexibility index (Phi) is 5.95. The zero-order chi connectivity index (χ0) is 11.4. The van der Waals surface area contributed by atoms with Crippen LogP contribution in [0, 0.1) is 12.8 Å². The van der Waals surface area contributed by atoms with Gasteiger partial charge in [-0.3, -0.25) is 0 Å². The van der Waals surface area contributed by atoms with Gasteiger partial charge in [0, 0.05) is 18.3 Å². The third kappa shape index (κ3) is 4.30. The standard InChI is InChI=1S/C11H17ClN4.ClH/c1-8-6-14-11(16-10(8)12)15-7-9-2-4-13-5-3-9;/h6,9,13H,2-5,7H2,1H3,(H,14,15,16);1H. The van der Waals surface area contributed by atoms with E-state index in [-0.39, 0.29) is 12.4 Å². The highest BCUT2D eigenvalue weighted by Gasteiger charge is 2.13. The lowest BCUT2D eigenvalue weighted by atomic mass is 9.98. The van der Waals surface area contributed by atoms with Crippen LogP contribution < -0.4 is 10.6 Å². The molecule has 0 amide bonds. The van der Waals surface area contributed by atoms with Gasteiger partial charge in [0.15, 0.2) is 0 Å². The molecule has 0 bridgehead atoms. The highest BCUT2D eigenvalue weighted by molar-refractivity contribution is 6.30. The van der Waals surface area contributed by atoms with Crippen molar-refractivity contribution in [3.63, 3.8) is 0 Å². The molecule has 96 valence electrons. The minimum absolute atomic E-state index is 0. The molecule has 0 aliphatic carbocycles. The lowest BCUT2D eigenvalue weighted by molar-refractivity contribution is 0.389. The van der Waals surface area contributed by atoms with Crippen molar-refractivity contribution < 1.29 is 0 Å². The molecule has 2 heterocycles. The van der Waals surface area contributed by atoms with Gasteiger partial charge in [-0.2, -0.15) is 0 Å². The van der Waals surface area contributed by atoms with E-state index < -0.39 is 0 Å². The summed E-state index contributed by atoms with van der Waals surface area (Å²) in [5.74, 6) is 1.35. The van der Waals surface area contributed by atoms with E-state index in [1.165, 1.54) is 12.8 Å². The van der Waals surface area contributed by atoms with Crippen LogP contribution in [0.1, 0.15) is 18.4 Å². The molecular weight excluding hydrogens is 259 g/mol. The van der Waals surface area contributed by atoms with Crippen molar-refractivity contribution in [3.8, 4) is 0 Å². The summed E-state index contributed by atoms with van der Waals surface area (Å²) >= 11 is 5.93. The summed E-state index contributed by atoms with van der Waals surface area (Å²) in [4.78, 5) is 8.39. The normalized spacial score (nSPS) is 16.4. The van der Waals surface area contributed by atoms with Crippen LogP contribution in [0.4, 0.5) is 5.95 Å². The first-order valence-electron chi connectivity index (χ1n) is 5.69. The van der Waals surface area contributed by atoms with E-state index in [1.54, 1.807) is 6.20 Å². The number of nitrogens with one attached hydrogen (secondary N) is 2.